The summed E-state index contributed by atoms with van der Waals surface area (Å²) in [5.41, 5.74) is 5.05. The van der Waals surface area contributed by atoms with E-state index in [0.717, 1.165) is 43.5 Å². The number of hydrogen-bond donors (Lipinski definition) is 2. The summed E-state index contributed by atoms with van der Waals surface area (Å²) in [6.45, 7) is 9.63. The van der Waals surface area contributed by atoms with Gasteiger partial charge in [-0.25, -0.2) is 0 Å². The van der Waals surface area contributed by atoms with Crippen LogP contribution in [0.1, 0.15) is 16.7 Å². The zero-order valence-corrected chi connectivity index (χ0v) is 15.3. The molecule has 0 unspecified atom stereocenters. The van der Waals surface area contributed by atoms with Gasteiger partial charge in [0.1, 0.15) is 6.54 Å². The molecule has 1 heterocycles. The van der Waals surface area contributed by atoms with Crippen LogP contribution in [-0.4, -0.2) is 36.2 Å². The molecule has 0 aliphatic carbocycles. The summed E-state index contributed by atoms with van der Waals surface area (Å²) in [4.78, 5) is 3.93. The molecule has 0 saturated carbocycles. The Morgan fingerprint density at radius 1 is 1.08 bits per heavy atom. The summed E-state index contributed by atoms with van der Waals surface area (Å²) in [6, 6.07) is 17.2. The molecule has 1 aliphatic heterocycles. The van der Waals surface area contributed by atoms with Gasteiger partial charge in [-0.05, 0) is 37.7 Å². The molecule has 0 bridgehead atoms. The van der Waals surface area contributed by atoms with Gasteiger partial charge < -0.3 is 15.1 Å². The number of nitrogens with zero attached hydrogens (tertiary/aromatic N) is 1. The number of nitrogens with one attached hydrogen (secondary N) is 2. The van der Waals surface area contributed by atoms with Gasteiger partial charge in [0.25, 0.3) is 0 Å². The molecule has 1 saturated heterocycles. The van der Waals surface area contributed by atoms with Gasteiger partial charge in [-0.15, -0.1) is 0 Å². The van der Waals surface area contributed by atoms with Crippen molar-refractivity contribution in [3.05, 3.63) is 65.2 Å². The molecular weight excluding hydrogens is 314 g/mol. The number of piperazine rings is 1. The van der Waals surface area contributed by atoms with Crippen molar-refractivity contribution in [2.75, 3.05) is 31.5 Å². The number of benzene rings is 2. The highest BCUT2D eigenvalue weighted by Crippen LogP contribution is 2.16. The number of thiocarbonyl (C=S) groups is 1. The van der Waals surface area contributed by atoms with E-state index < -0.39 is 0 Å². The van der Waals surface area contributed by atoms with E-state index in [1.54, 1.807) is 4.90 Å². The summed E-state index contributed by atoms with van der Waals surface area (Å²) < 4.78 is 0. The lowest BCUT2D eigenvalue weighted by Gasteiger charge is -2.34. The van der Waals surface area contributed by atoms with Gasteiger partial charge >= 0.3 is 0 Å². The summed E-state index contributed by atoms with van der Waals surface area (Å²) in [5.74, 6) is 0. The van der Waals surface area contributed by atoms with Crippen molar-refractivity contribution in [2.24, 2.45) is 0 Å². The summed E-state index contributed by atoms with van der Waals surface area (Å²) in [7, 11) is 0. The molecule has 3 rings (SSSR count). The molecule has 2 N–H and O–H groups in total. The molecule has 0 aromatic heterocycles. The Bertz CT molecular complexity index is 691. The van der Waals surface area contributed by atoms with Crippen molar-refractivity contribution in [3.8, 4) is 0 Å². The molecule has 0 amide bonds. The monoisotopic (exact) mass is 340 g/mol. The molecular formula is C20H26N3S+. The van der Waals surface area contributed by atoms with Crippen LogP contribution in [0.25, 0.3) is 0 Å². The third kappa shape index (κ3) is 4.34. The Morgan fingerprint density at radius 3 is 2.46 bits per heavy atom. The van der Waals surface area contributed by atoms with Crippen LogP contribution in [0.15, 0.2) is 48.5 Å². The number of rotatable bonds is 3. The Morgan fingerprint density at radius 2 is 1.79 bits per heavy atom. The van der Waals surface area contributed by atoms with Crippen molar-refractivity contribution in [3.63, 3.8) is 0 Å². The van der Waals surface area contributed by atoms with Gasteiger partial charge in [0.2, 0.25) is 0 Å². The Kier molecular flexibility index (Phi) is 5.48. The van der Waals surface area contributed by atoms with Crippen LogP contribution in [0.5, 0.6) is 0 Å². The van der Waals surface area contributed by atoms with E-state index in [4.69, 9.17) is 12.2 Å². The SMILES string of the molecule is Cc1ccc(NC(=S)N2CC[NH+](Cc3ccccc3)CC2)c(C)c1. The zero-order valence-electron chi connectivity index (χ0n) is 14.5. The second kappa shape index (κ2) is 7.77. The highest BCUT2D eigenvalue weighted by molar-refractivity contribution is 7.80. The molecule has 3 nitrogen and oxygen atoms in total. The van der Waals surface area contributed by atoms with Crippen LogP contribution in [0.4, 0.5) is 5.69 Å². The molecule has 0 spiro atoms. The van der Waals surface area contributed by atoms with Gasteiger partial charge in [0, 0.05) is 11.3 Å². The molecule has 1 aliphatic rings. The van der Waals surface area contributed by atoms with E-state index in [0.29, 0.717) is 0 Å². The lowest BCUT2D eigenvalue weighted by Crippen LogP contribution is -3.13. The first-order valence-corrected chi connectivity index (χ1v) is 9.03. The van der Waals surface area contributed by atoms with Crippen molar-refractivity contribution in [1.82, 2.24) is 4.90 Å². The zero-order chi connectivity index (χ0) is 16.9. The fourth-order valence-electron chi connectivity index (χ4n) is 3.24. The normalized spacial score (nSPS) is 15.3. The first kappa shape index (κ1) is 16.9. The first-order valence-electron chi connectivity index (χ1n) is 8.62. The molecule has 1 fully saturated rings. The van der Waals surface area contributed by atoms with Crippen molar-refractivity contribution in [1.29, 1.82) is 0 Å². The van der Waals surface area contributed by atoms with E-state index in [2.05, 4.69) is 72.6 Å². The Labute approximate surface area is 150 Å². The topological polar surface area (TPSA) is 19.7 Å². The van der Waals surface area contributed by atoms with Gasteiger partial charge in [-0.1, -0.05) is 48.0 Å². The Balaban J connectivity index is 1.51. The summed E-state index contributed by atoms with van der Waals surface area (Å²) >= 11 is 5.62. The lowest BCUT2D eigenvalue weighted by molar-refractivity contribution is -0.917. The standard InChI is InChI=1S/C20H25N3S/c1-16-8-9-19(17(2)14-16)21-20(24)23-12-10-22(11-13-23)15-18-6-4-3-5-7-18/h3-9,14H,10-13,15H2,1-2H3,(H,21,24)/p+1. The summed E-state index contributed by atoms with van der Waals surface area (Å²) in [6.07, 6.45) is 0. The minimum absolute atomic E-state index is 0.848. The van der Waals surface area contributed by atoms with E-state index in [-0.39, 0.29) is 0 Å². The average molecular weight is 341 g/mol. The molecule has 2 aromatic rings. The van der Waals surface area contributed by atoms with E-state index in [9.17, 15) is 0 Å². The van der Waals surface area contributed by atoms with Crippen LogP contribution in [0.3, 0.4) is 0 Å². The second-order valence-electron chi connectivity index (χ2n) is 6.65. The molecule has 126 valence electrons. The third-order valence-electron chi connectivity index (χ3n) is 4.68. The summed E-state index contributed by atoms with van der Waals surface area (Å²) in [5, 5.41) is 4.27. The number of anilines is 1. The average Bonchev–Trinajstić information content (AvgIpc) is 2.59. The first-order chi connectivity index (χ1) is 11.6. The van der Waals surface area contributed by atoms with E-state index in [1.807, 2.05) is 0 Å². The number of aryl methyl sites for hydroxylation is 2. The fourth-order valence-corrected chi connectivity index (χ4v) is 3.53. The van der Waals surface area contributed by atoms with Crippen LogP contribution in [0.2, 0.25) is 0 Å². The van der Waals surface area contributed by atoms with Gasteiger partial charge in [0.05, 0.1) is 26.2 Å². The van der Waals surface area contributed by atoms with Gasteiger partial charge in [0.15, 0.2) is 5.11 Å². The maximum atomic E-state index is 5.62. The van der Waals surface area contributed by atoms with Gasteiger partial charge in [-0.3, -0.25) is 0 Å². The van der Waals surface area contributed by atoms with Gasteiger partial charge in [-0.2, -0.15) is 0 Å². The van der Waals surface area contributed by atoms with Crippen LogP contribution >= 0.6 is 12.2 Å². The van der Waals surface area contributed by atoms with Crippen molar-refractivity contribution >= 4 is 23.0 Å². The highest BCUT2D eigenvalue weighted by atomic mass is 32.1. The Hall–Kier alpha value is -1.91. The molecule has 2 aromatic carbocycles. The largest absolute Gasteiger partial charge is 0.338 e. The van der Waals surface area contributed by atoms with Crippen molar-refractivity contribution < 1.29 is 4.90 Å². The van der Waals surface area contributed by atoms with Crippen LogP contribution in [-0.2, 0) is 6.54 Å². The predicted octanol–water partition coefficient (Wildman–Crippen LogP) is 2.40. The number of hydrogen-bond acceptors (Lipinski definition) is 1. The van der Waals surface area contributed by atoms with Crippen molar-refractivity contribution in [2.45, 2.75) is 20.4 Å². The van der Waals surface area contributed by atoms with Crippen LogP contribution < -0.4 is 10.2 Å². The van der Waals surface area contributed by atoms with Crippen LogP contribution in [0, 0.1) is 13.8 Å². The predicted molar refractivity (Wildman–Crippen MR) is 105 cm³/mol. The highest BCUT2D eigenvalue weighted by Gasteiger charge is 2.22. The molecule has 24 heavy (non-hydrogen) atoms. The smallest absolute Gasteiger partial charge is 0.173 e. The lowest BCUT2D eigenvalue weighted by atomic mass is 10.1. The minimum Gasteiger partial charge on any atom is -0.338 e. The maximum absolute atomic E-state index is 5.62. The maximum Gasteiger partial charge on any atom is 0.173 e. The third-order valence-corrected chi connectivity index (χ3v) is 5.04. The molecule has 4 heteroatoms. The molecule has 0 radical (unpaired) electrons. The minimum atomic E-state index is 0.848. The van der Waals surface area contributed by atoms with E-state index >= 15 is 0 Å². The quantitative estimate of drug-likeness (QED) is 0.837. The van der Waals surface area contributed by atoms with E-state index in [1.165, 1.54) is 16.7 Å². The number of quaternary nitrogens is 1. The second-order valence-corrected chi connectivity index (χ2v) is 7.03. The fraction of sp³-hybridized carbons (Fsp3) is 0.350. The molecule has 0 atom stereocenters.